The van der Waals surface area contributed by atoms with Crippen molar-refractivity contribution in [1.29, 1.82) is 0 Å². The number of pyridine rings is 1. The summed E-state index contributed by atoms with van der Waals surface area (Å²) in [6.07, 6.45) is 1.67. The molecule has 0 aliphatic carbocycles. The van der Waals surface area contributed by atoms with Crippen LogP contribution in [0.5, 0.6) is 11.5 Å². The lowest BCUT2D eigenvalue weighted by Crippen LogP contribution is -2.30. The van der Waals surface area contributed by atoms with Crippen molar-refractivity contribution in [2.45, 2.75) is 26.4 Å². The molecular weight excluding hydrogens is 423 g/mol. The van der Waals surface area contributed by atoms with E-state index in [4.69, 9.17) is 9.47 Å². The van der Waals surface area contributed by atoms with Crippen LogP contribution >= 0.6 is 0 Å². The fourth-order valence-corrected chi connectivity index (χ4v) is 3.94. The average molecular weight is 448 g/mol. The molecule has 33 heavy (non-hydrogen) atoms. The second-order valence-electron chi connectivity index (χ2n) is 7.70. The van der Waals surface area contributed by atoms with Crippen LogP contribution in [0.1, 0.15) is 24.2 Å². The maximum absolute atomic E-state index is 13.4. The van der Waals surface area contributed by atoms with Gasteiger partial charge in [0.2, 0.25) is 5.91 Å². The van der Waals surface area contributed by atoms with E-state index in [1.165, 1.54) is 12.1 Å². The Balaban J connectivity index is 1.59. The minimum Gasteiger partial charge on any atom is -0.497 e. The van der Waals surface area contributed by atoms with Gasteiger partial charge < -0.3 is 14.8 Å². The standard InChI is InChI=1S/C25H25FN4O3/c1-15(21-13-19(32-3)9-10-22(21)33-4)28-23(31)14-30-25-24(16(2)29-30)20(11-12-27-25)17-5-7-18(26)8-6-17/h5-13,15H,14H2,1-4H3,(H,28,31). The molecule has 1 N–H and O–H groups in total. The molecule has 4 rings (SSSR count). The quantitative estimate of drug-likeness (QED) is 0.452. The van der Waals surface area contributed by atoms with Gasteiger partial charge in [0.05, 0.1) is 26.0 Å². The number of fused-ring (bicyclic) bond motifs is 1. The monoisotopic (exact) mass is 448 g/mol. The van der Waals surface area contributed by atoms with Gasteiger partial charge in [0.25, 0.3) is 0 Å². The van der Waals surface area contributed by atoms with Gasteiger partial charge in [-0.3, -0.25) is 4.79 Å². The second-order valence-corrected chi connectivity index (χ2v) is 7.70. The van der Waals surface area contributed by atoms with E-state index >= 15 is 0 Å². The second kappa shape index (κ2) is 9.28. The van der Waals surface area contributed by atoms with Gasteiger partial charge in [-0.2, -0.15) is 5.10 Å². The number of hydrogen-bond acceptors (Lipinski definition) is 5. The summed E-state index contributed by atoms with van der Waals surface area (Å²) in [5.41, 5.74) is 3.89. The fraction of sp³-hybridized carbons (Fsp3) is 0.240. The largest absolute Gasteiger partial charge is 0.497 e. The molecular formula is C25H25FN4O3. The van der Waals surface area contributed by atoms with E-state index in [2.05, 4.69) is 15.4 Å². The first-order valence-electron chi connectivity index (χ1n) is 10.5. The smallest absolute Gasteiger partial charge is 0.242 e. The molecule has 0 bridgehead atoms. The van der Waals surface area contributed by atoms with Crippen molar-refractivity contribution in [3.05, 3.63) is 71.8 Å². The van der Waals surface area contributed by atoms with Crippen LogP contribution in [0.4, 0.5) is 4.39 Å². The maximum Gasteiger partial charge on any atom is 0.242 e. The van der Waals surface area contributed by atoms with Crippen LogP contribution in [0, 0.1) is 12.7 Å². The molecule has 2 heterocycles. The van der Waals surface area contributed by atoms with Crippen molar-refractivity contribution >= 4 is 16.9 Å². The molecule has 1 atom stereocenters. The summed E-state index contributed by atoms with van der Waals surface area (Å²) in [7, 11) is 3.18. The normalized spacial score (nSPS) is 11.9. The van der Waals surface area contributed by atoms with Gasteiger partial charge in [0.1, 0.15) is 23.9 Å². The Labute approximate surface area is 191 Å². The number of halogens is 1. The molecule has 0 fully saturated rings. The molecule has 1 amide bonds. The number of methoxy groups -OCH3 is 2. The van der Waals surface area contributed by atoms with Crippen LogP contribution in [0.25, 0.3) is 22.2 Å². The SMILES string of the molecule is COc1ccc(OC)c(C(C)NC(=O)Cn2nc(C)c3c(-c4ccc(F)cc4)ccnc32)c1. The van der Waals surface area contributed by atoms with E-state index in [0.29, 0.717) is 17.1 Å². The molecule has 7 nitrogen and oxygen atoms in total. The zero-order valence-corrected chi connectivity index (χ0v) is 18.9. The lowest BCUT2D eigenvalue weighted by molar-refractivity contribution is -0.122. The van der Waals surface area contributed by atoms with E-state index in [-0.39, 0.29) is 24.3 Å². The van der Waals surface area contributed by atoms with E-state index in [1.54, 1.807) is 43.3 Å². The number of benzene rings is 2. The lowest BCUT2D eigenvalue weighted by atomic mass is 10.0. The zero-order valence-electron chi connectivity index (χ0n) is 18.9. The number of aryl methyl sites for hydroxylation is 1. The Hall–Kier alpha value is -3.94. The maximum atomic E-state index is 13.4. The van der Waals surface area contributed by atoms with Crippen LogP contribution in [0.2, 0.25) is 0 Å². The van der Waals surface area contributed by atoms with Gasteiger partial charge in [0.15, 0.2) is 5.65 Å². The highest BCUT2D eigenvalue weighted by molar-refractivity contribution is 5.95. The van der Waals surface area contributed by atoms with Crippen molar-refractivity contribution in [1.82, 2.24) is 20.1 Å². The first-order valence-corrected chi connectivity index (χ1v) is 10.5. The number of ether oxygens (including phenoxy) is 2. The van der Waals surface area contributed by atoms with Gasteiger partial charge in [-0.25, -0.2) is 14.1 Å². The third kappa shape index (κ3) is 4.50. The summed E-state index contributed by atoms with van der Waals surface area (Å²) in [6.45, 7) is 3.75. The highest BCUT2D eigenvalue weighted by Gasteiger charge is 2.19. The van der Waals surface area contributed by atoms with Crippen molar-refractivity contribution in [3.63, 3.8) is 0 Å². The third-order valence-electron chi connectivity index (χ3n) is 5.54. The zero-order chi connectivity index (χ0) is 23.5. The van der Waals surface area contributed by atoms with Gasteiger partial charge in [-0.1, -0.05) is 12.1 Å². The topological polar surface area (TPSA) is 78.3 Å². The van der Waals surface area contributed by atoms with Crippen LogP contribution in [-0.2, 0) is 11.3 Å². The molecule has 0 spiro atoms. The average Bonchev–Trinajstić information content (AvgIpc) is 3.14. The highest BCUT2D eigenvalue weighted by atomic mass is 19.1. The number of carbonyl (C=O) groups is 1. The molecule has 1 unspecified atom stereocenters. The number of aromatic nitrogens is 3. The Morgan fingerprint density at radius 1 is 1.12 bits per heavy atom. The molecule has 0 saturated carbocycles. The molecule has 4 aromatic rings. The number of hydrogen-bond donors (Lipinski definition) is 1. The molecule has 170 valence electrons. The fourth-order valence-electron chi connectivity index (χ4n) is 3.94. The van der Waals surface area contributed by atoms with Crippen LogP contribution in [-0.4, -0.2) is 34.9 Å². The van der Waals surface area contributed by atoms with Crippen molar-refractivity contribution < 1.29 is 18.7 Å². The summed E-state index contributed by atoms with van der Waals surface area (Å²) >= 11 is 0. The third-order valence-corrected chi connectivity index (χ3v) is 5.54. The molecule has 2 aromatic heterocycles. The summed E-state index contributed by atoms with van der Waals surface area (Å²) < 4.78 is 25.7. The van der Waals surface area contributed by atoms with E-state index < -0.39 is 0 Å². The number of nitrogens with zero attached hydrogens (tertiary/aromatic N) is 3. The molecule has 2 aromatic carbocycles. The van der Waals surface area contributed by atoms with Crippen LogP contribution < -0.4 is 14.8 Å². The van der Waals surface area contributed by atoms with Crippen LogP contribution in [0.15, 0.2) is 54.7 Å². The van der Waals surface area contributed by atoms with E-state index in [1.807, 2.05) is 32.0 Å². The Morgan fingerprint density at radius 2 is 1.88 bits per heavy atom. The Morgan fingerprint density at radius 3 is 2.58 bits per heavy atom. The van der Waals surface area contributed by atoms with Crippen molar-refractivity contribution in [2.24, 2.45) is 0 Å². The van der Waals surface area contributed by atoms with E-state index in [9.17, 15) is 9.18 Å². The van der Waals surface area contributed by atoms with Crippen molar-refractivity contribution in [3.8, 4) is 22.6 Å². The van der Waals surface area contributed by atoms with Gasteiger partial charge in [0, 0.05) is 17.1 Å². The van der Waals surface area contributed by atoms with E-state index in [0.717, 1.165) is 27.8 Å². The minimum atomic E-state index is -0.312. The first kappa shape index (κ1) is 22.3. The number of rotatable bonds is 7. The lowest BCUT2D eigenvalue weighted by Gasteiger charge is -2.18. The van der Waals surface area contributed by atoms with Crippen LogP contribution in [0.3, 0.4) is 0 Å². The Kier molecular flexibility index (Phi) is 6.26. The molecule has 8 heteroatoms. The predicted octanol–water partition coefficient (Wildman–Crippen LogP) is 4.44. The summed E-state index contributed by atoms with van der Waals surface area (Å²) in [5, 5.41) is 8.37. The summed E-state index contributed by atoms with van der Waals surface area (Å²) in [5.74, 6) is 0.827. The number of amides is 1. The van der Waals surface area contributed by atoms with Gasteiger partial charge in [-0.05, 0) is 61.4 Å². The molecule has 0 radical (unpaired) electrons. The van der Waals surface area contributed by atoms with Gasteiger partial charge in [-0.15, -0.1) is 0 Å². The molecule has 0 aliphatic heterocycles. The first-order chi connectivity index (χ1) is 15.9. The minimum absolute atomic E-state index is 0.000829. The highest BCUT2D eigenvalue weighted by Crippen LogP contribution is 2.31. The number of carbonyl (C=O) groups excluding carboxylic acids is 1. The van der Waals surface area contributed by atoms with Crippen molar-refractivity contribution in [2.75, 3.05) is 14.2 Å². The predicted molar refractivity (Wildman–Crippen MR) is 124 cm³/mol. The van der Waals surface area contributed by atoms with Gasteiger partial charge >= 0.3 is 0 Å². The summed E-state index contributed by atoms with van der Waals surface area (Å²) in [6, 6.07) is 13.3. The number of nitrogens with one attached hydrogen (secondary N) is 1. The molecule has 0 aliphatic rings. The Bertz CT molecular complexity index is 1300. The molecule has 0 saturated heterocycles. The summed E-state index contributed by atoms with van der Waals surface area (Å²) in [4.78, 5) is 17.3.